The molecule has 2 aromatic rings. The van der Waals surface area contributed by atoms with Crippen LogP contribution in [0.2, 0.25) is 0 Å². The number of nitrogens with two attached hydrogens (primary N) is 1. The number of benzene rings is 2. The van der Waals surface area contributed by atoms with Crippen molar-refractivity contribution in [2.24, 2.45) is 0 Å². The van der Waals surface area contributed by atoms with Gasteiger partial charge in [-0.1, -0.05) is 30.3 Å². The first-order valence-corrected chi connectivity index (χ1v) is 6.36. The van der Waals surface area contributed by atoms with Gasteiger partial charge in [0.25, 0.3) is 5.69 Å². The van der Waals surface area contributed by atoms with Crippen LogP contribution in [0.4, 0.5) is 11.4 Å². The normalized spacial score (nSPS) is 10.2. The van der Waals surface area contributed by atoms with Crippen molar-refractivity contribution >= 4 is 23.1 Å². The summed E-state index contributed by atoms with van der Waals surface area (Å²) in [6, 6.07) is 14.9. The molecule has 2 rings (SSSR count). The molecule has 0 heterocycles. The maximum absolute atomic E-state index is 10.8. The van der Waals surface area contributed by atoms with Crippen LogP contribution >= 0.6 is 11.8 Å². The molecule has 0 unspecified atom stereocenters. The van der Waals surface area contributed by atoms with Crippen molar-refractivity contribution in [3.05, 3.63) is 64.2 Å². The smallest absolute Gasteiger partial charge is 0.293 e. The summed E-state index contributed by atoms with van der Waals surface area (Å²) >= 11 is 1.55. The van der Waals surface area contributed by atoms with Crippen LogP contribution in [0.15, 0.2) is 53.4 Å². The van der Waals surface area contributed by atoms with Crippen molar-refractivity contribution in [3.63, 3.8) is 0 Å². The van der Waals surface area contributed by atoms with E-state index in [9.17, 15) is 10.1 Å². The lowest BCUT2D eigenvalue weighted by atomic mass is 10.2. The van der Waals surface area contributed by atoms with E-state index < -0.39 is 4.92 Å². The standard InChI is InChI=1S/C13H12N2O2S/c14-12-7-6-11(8-13(12)15(16)17)18-9-10-4-2-1-3-5-10/h1-8H,9,14H2. The summed E-state index contributed by atoms with van der Waals surface area (Å²) in [5.74, 6) is 0.780. The first kappa shape index (κ1) is 12.4. The maximum atomic E-state index is 10.8. The molecule has 0 bridgehead atoms. The molecular formula is C13H12N2O2S. The fourth-order valence-electron chi connectivity index (χ4n) is 1.51. The highest BCUT2D eigenvalue weighted by Gasteiger charge is 2.11. The number of nitro groups is 1. The Labute approximate surface area is 109 Å². The topological polar surface area (TPSA) is 69.2 Å². The van der Waals surface area contributed by atoms with E-state index in [-0.39, 0.29) is 11.4 Å². The summed E-state index contributed by atoms with van der Waals surface area (Å²) in [4.78, 5) is 11.2. The van der Waals surface area contributed by atoms with E-state index >= 15 is 0 Å². The Kier molecular flexibility index (Phi) is 3.84. The van der Waals surface area contributed by atoms with Gasteiger partial charge in [-0.05, 0) is 17.7 Å². The molecule has 92 valence electrons. The minimum absolute atomic E-state index is 0.0342. The highest BCUT2D eigenvalue weighted by Crippen LogP contribution is 2.29. The lowest BCUT2D eigenvalue weighted by Crippen LogP contribution is -1.95. The number of hydrogen-bond donors (Lipinski definition) is 1. The van der Waals surface area contributed by atoms with Crippen molar-refractivity contribution in [3.8, 4) is 0 Å². The number of hydrogen-bond acceptors (Lipinski definition) is 4. The van der Waals surface area contributed by atoms with Gasteiger partial charge in [-0.15, -0.1) is 11.8 Å². The predicted octanol–water partition coefficient (Wildman–Crippen LogP) is 3.47. The Morgan fingerprint density at radius 1 is 1.17 bits per heavy atom. The Morgan fingerprint density at radius 3 is 2.56 bits per heavy atom. The first-order chi connectivity index (χ1) is 8.66. The van der Waals surface area contributed by atoms with Crippen LogP contribution in [0, 0.1) is 10.1 Å². The Bertz CT molecular complexity index is 558. The van der Waals surface area contributed by atoms with Crippen LogP contribution in [0.1, 0.15) is 5.56 Å². The van der Waals surface area contributed by atoms with E-state index in [2.05, 4.69) is 0 Å². The molecule has 0 aliphatic carbocycles. The van der Waals surface area contributed by atoms with E-state index in [0.29, 0.717) is 0 Å². The zero-order valence-electron chi connectivity index (χ0n) is 9.58. The molecule has 5 heteroatoms. The molecule has 0 fully saturated rings. The van der Waals surface area contributed by atoms with Crippen LogP contribution in [0.3, 0.4) is 0 Å². The van der Waals surface area contributed by atoms with Gasteiger partial charge in [0.15, 0.2) is 0 Å². The van der Waals surface area contributed by atoms with Gasteiger partial charge < -0.3 is 5.73 Å². The van der Waals surface area contributed by atoms with E-state index in [4.69, 9.17) is 5.73 Å². The summed E-state index contributed by atoms with van der Waals surface area (Å²) in [6.07, 6.45) is 0. The minimum atomic E-state index is -0.456. The predicted molar refractivity (Wildman–Crippen MR) is 73.5 cm³/mol. The van der Waals surface area contributed by atoms with Gasteiger partial charge in [0, 0.05) is 16.7 Å². The molecule has 0 aliphatic rings. The number of nitrogen functional groups attached to an aromatic ring is 1. The van der Waals surface area contributed by atoms with Crippen molar-refractivity contribution < 1.29 is 4.92 Å². The molecule has 0 saturated carbocycles. The van der Waals surface area contributed by atoms with Gasteiger partial charge in [-0.25, -0.2) is 0 Å². The molecule has 0 amide bonds. The third kappa shape index (κ3) is 3.01. The molecule has 0 radical (unpaired) electrons. The average Bonchev–Trinajstić information content (AvgIpc) is 2.38. The van der Waals surface area contributed by atoms with Gasteiger partial charge in [-0.3, -0.25) is 10.1 Å². The molecule has 2 N–H and O–H groups in total. The minimum Gasteiger partial charge on any atom is -0.393 e. The summed E-state index contributed by atoms with van der Waals surface area (Å²) in [6.45, 7) is 0. The van der Waals surface area contributed by atoms with Crippen molar-refractivity contribution in [2.75, 3.05) is 5.73 Å². The molecule has 18 heavy (non-hydrogen) atoms. The summed E-state index contributed by atoms with van der Waals surface area (Å²) in [5.41, 5.74) is 6.89. The van der Waals surface area contributed by atoms with Gasteiger partial charge in [-0.2, -0.15) is 0 Å². The number of nitro benzene ring substituents is 1. The highest BCUT2D eigenvalue weighted by atomic mass is 32.2. The zero-order valence-corrected chi connectivity index (χ0v) is 10.4. The third-order valence-corrected chi connectivity index (χ3v) is 3.51. The number of rotatable bonds is 4. The van der Waals surface area contributed by atoms with Crippen LogP contribution in [-0.4, -0.2) is 4.92 Å². The third-order valence-electron chi connectivity index (χ3n) is 2.45. The Balaban J connectivity index is 2.11. The molecule has 0 atom stereocenters. The van der Waals surface area contributed by atoms with Crippen LogP contribution in [-0.2, 0) is 5.75 Å². The fraction of sp³-hybridized carbons (Fsp3) is 0.0769. The highest BCUT2D eigenvalue weighted by molar-refractivity contribution is 7.98. The SMILES string of the molecule is Nc1ccc(SCc2ccccc2)cc1[N+](=O)[O-]. The lowest BCUT2D eigenvalue weighted by molar-refractivity contribution is -0.384. The van der Waals surface area contributed by atoms with E-state index in [1.807, 2.05) is 30.3 Å². The second kappa shape index (κ2) is 5.55. The van der Waals surface area contributed by atoms with Gasteiger partial charge in [0.1, 0.15) is 5.69 Å². The van der Waals surface area contributed by atoms with Crippen molar-refractivity contribution in [2.45, 2.75) is 10.6 Å². The largest absolute Gasteiger partial charge is 0.393 e. The van der Waals surface area contributed by atoms with Gasteiger partial charge in [0.2, 0.25) is 0 Å². The van der Waals surface area contributed by atoms with Crippen molar-refractivity contribution in [1.29, 1.82) is 0 Å². The molecular weight excluding hydrogens is 248 g/mol. The number of nitrogens with zero attached hydrogens (tertiary/aromatic N) is 1. The van der Waals surface area contributed by atoms with Gasteiger partial charge >= 0.3 is 0 Å². The monoisotopic (exact) mass is 260 g/mol. The average molecular weight is 260 g/mol. The molecule has 2 aromatic carbocycles. The molecule has 0 spiro atoms. The fourth-order valence-corrected chi connectivity index (χ4v) is 2.40. The second-order valence-corrected chi connectivity index (χ2v) is 4.80. The second-order valence-electron chi connectivity index (χ2n) is 3.75. The van der Waals surface area contributed by atoms with Crippen LogP contribution in [0.25, 0.3) is 0 Å². The lowest BCUT2D eigenvalue weighted by Gasteiger charge is -2.03. The molecule has 0 aliphatic heterocycles. The molecule has 0 aromatic heterocycles. The zero-order chi connectivity index (χ0) is 13.0. The van der Waals surface area contributed by atoms with Crippen LogP contribution < -0.4 is 5.73 Å². The maximum Gasteiger partial charge on any atom is 0.293 e. The Morgan fingerprint density at radius 2 is 1.89 bits per heavy atom. The summed E-state index contributed by atoms with van der Waals surface area (Å²) in [7, 11) is 0. The summed E-state index contributed by atoms with van der Waals surface area (Å²) in [5, 5.41) is 10.8. The Hall–Kier alpha value is -2.01. The quantitative estimate of drug-likeness (QED) is 0.395. The van der Waals surface area contributed by atoms with E-state index in [1.165, 1.54) is 11.6 Å². The van der Waals surface area contributed by atoms with E-state index in [0.717, 1.165) is 10.6 Å². The summed E-state index contributed by atoms with van der Waals surface area (Å²) < 4.78 is 0. The molecule has 0 saturated heterocycles. The van der Waals surface area contributed by atoms with Crippen LogP contribution in [0.5, 0.6) is 0 Å². The van der Waals surface area contributed by atoms with Gasteiger partial charge in [0.05, 0.1) is 4.92 Å². The number of thioether (sulfide) groups is 1. The first-order valence-electron chi connectivity index (χ1n) is 5.37. The molecule has 4 nitrogen and oxygen atoms in total. The number of anilines is 1. The van der Waals surface area contributed by atoms with Crippen molar-refractivity contribution in [1.82, 2.24) is 0 Å². The van der Waals surface area contributed by atoms with E-state index in [1.54, 1.807) is 23.9 Å².